The molecule has 0 fully saturated rings. The zero-order valence-corrected chi connectivity index (χ0v) is 23.0. The van der Waals surface area contributed by atoms with Gasteiger partial charge in [0.05, 0.1) is 27.8 Å². The van der Waals surface area contributed by atoms with Gasteiger partial charge in [-0.05, 0) is 70.5 Å². The summed E-state index contributed by atoms with van der Waals surface area (Å²) in [6, 6.07) is 29.5. The Morgan fingerprint density at radius 1 is 0.658 bits per heavy atom. The van der Waals surface area contributed by atoms with Crippen molar-refractivity contribution in [1.29, 1.82) is 0 Å². The van der Waals surface area contributed by atoms with E-state index in [-0.39, 0.29) is 10.8 Å². The van der Waals surface area contributed by atoms with E-state index in [1.807, 2.05) is 0 Å². The first-order valence-corrected chi connectivity index (χ1v) is 13.4. The number of nitrogens with zero attached hydrogens (tertiary/aromatic N) is 3. The van der Waals surface area contributed by atoms with E-state index in [4.69, 9.17) is 9.72 Å². The van der Waals surface area contributed by atoms with Crippen molar-refractivity contribution in [3.8, 4) is 17.4 Å². The summed E-state index contributed by atoms with van der Waals surface area (Å²) in [6.45, 7) is 14.2. The molecular weight excluding hydrogens is 466 g/mol. The van der Waals surface area contributed by atoms with E-state index in [2.05, 4.69) is 130 Å². The molecule has 0 saturated carbocycles. The smallest absolute Gasteiger partial charge is 0.302 e. The molecule has 0 unspecified atom stereocenters. The molecule has 0 radical (unpaired) electrons. The largest absolute Gasteiger partial charge is 0.459 e. The number of benzene rings is 4. The third kappa shape index (κ3) is 3.39. The minimum atomic E-state index is 0.0783. The van der Waals surface area contributed by atoms with Gasteiger partial charge < -0.3 is 9.30 Å². The van der Waals surface area contributed by atoms with Crippen molar-refractivity contribution in [1.82, 2.24) is 14.1 Å². The van der Waals surface area contributed by atoms with Gasteiger partial charge >= 0.3 is 6.01 Å². The maximum atomic E-state index is 6.04. The second-order valence-electron chi connectivity index (χ2n) is 12.6. The number of hydrogen-bond donors (Lipinski definition) is 0. The molecular formula is C34H33N3O. The summed E-state index contributed by atoms with van der Waals surface area (Å²) in [5, 5.41) is 2.58. The Morgan fingerprint density at radius 3 is 1.89 bits per heavy atom. The lowest BCUT2D eigenvalue weighted by atomic mass is 9.85. The fourth-order valence-electron chi connectivity index (χ4n) is 5.74. The summed E-state index contributed by atoms with van der Waals surface area (Å²) in [6.07, 6.45) is 0. The molecule has 0 atom stereocenters. The third-order valence-corrected chi connectivity index (χ3v) is 7.95. The number of para-hydroxylation sites is 1. The van der Waals surface area contributed by atoms with Crippen molar-refractivity contribution in [3.63, 3.8) is 0 Å². The SMILES string of the molecule is CC(C)(C)c1ccc2c(c1)c1cc(C(C)(C)C)ccc1n2-c1ccc2c(c1)nc1n2-c2ccccc2CO1. The predicted octanol–water partition coefficient (Wildman–Crippen LogP) is 8.61. The Morgan fingerprint density at radius 2 is 1.26 bits per heavy atom. The van der Waals surface area contributed by atoms with E-state index in [1.54, 1.807) is 0 Å². The van der Waals surface area contributed by atoms with Crippen LogP contribution in [0.15, 0.2) is 78.9 Å². The number of aromatic nitrogens is 3. The average Bonchev–Trinajstić information content (AvgIpc) is 3.42. The molecule has 4 nitrogen and oxygen atoms in total. The Balaban J connectivity index is 1.49. The van der Waals surface area contributed by atoms with Gasteiger partial charge in [0.1, 0.15) is 6.61 Å². The quantitative estimate of drug-likeness (QED) is 0.227. The van der Waals surface area contributed by atoms with Crippen LogP contribution in [-0.2, 0) is 17.4 Å². The van der Waals surface area contributed by atoms with Crippen LogP contribution in [0.4, 0.5) is 0 Å². The molecule has 0 spiro atoms. The fourth-order valence-corrected chi connectivity index (χ4v) is 5.74. The minimum Gasteiger partial charge on any atom is -0.459 e. The van der Waals surface area contributed by atoms with Crippen LogP contribution in [0, 0.1) is 0 Å². The van der Waals surface area contributed by atoms with Crippen molar-refractivity contribution in [2.75, 3.05) is 0 Å². The highest BCUT2D eigenvalue weighted by molar-refractivity contribution is 6.10. The Bertz CT molecular complexity index is 1820. The Labute approximate surface area is 223 Å². The minimum absolute atomic E-state index is 0.0783. The van der Waals surface area contributed by atoms with Crippen LogP contribution in [0.25, 0.3) is 44.2 Å². The van der Waals surface area contributed by atoms with Crippen molar-refractivity contribution >= 4 is 32.8 Å². The molecule has 6 aromatic rings. The molecule has 7 rings (SSSR count). The van der Waals surface area contributed by atoms with Gasteiger partial charge in [-0.1, -0.05) is 71.9 Å². The molecule has 0 saturated heterocycles. The predicted molar refractivity (Wildman–Crippen MR) is 157 cm³/mol. The molecule has 0 aliphatic carbocycles. The zero-order chi connectivity index (χ0) is 26.4. The first-order valence-electron chi connectivity index (χ1n) is 13.4. The summed E-state index contributed by atoms with van der Waals surface area (Å²) in [5.41, 5.74) is 10.7. The normalized spacial score (nSPS) is 13.6. The molecule has 0 bridgehead atoms. The summed E-state index contributed by atoms with van der Waals surface area (Å²) < 4.78 is 10.6. The van der Waals surface area contributed by atoms with Crippen LogP contribution in [0.5, 0.6) is 6.01 Å². The maximum absolute atomic E-state index is 6.04. The number of ether oxygens (including phenoxy) is 1. The molecule has 0 amide bonds. The molecule has 4 heteroatoms. The van der Waals surface area contributed by atoms with Crippen LogP contribution in [0.3, 0.4) is 0 Å². The third-order valence-electron chi connectivity index (χ3n) is 7.95. The van der Waals surface area contributed by atoms with Crippen molar-refractivity contribution in [3.05, 3.63) is 95.6 Å². The second kappa shape index (κ2) is 7.73. The van der Waals surface area contributed by atoms with Gasteiger partial charge in [-0.2, -0.15) is 4.98 Å². The van der Waals surface area contributed by atoms with E-state index in [0.717, 1.165) is 22.4 Å². The highest BCUT2D eigenvalue weighted by Crippen LogP contribution is 2.39. The number of imidazole rings is 1. The summed E-state index contributed by atoms with van der Waals surface area (Å²) in [4.78, 5) is 4.90. The number of hydrogen-bond acceptors (Lipinski definition) is 2. The van der Waals surface area contributed by atoms with Gasteiger partial charge in [-0.15, -0.1) is 0 Å². The highest BCUT2D eigenvalue weighted by atomic mass is 16.5. The van der Waals surface area contributed by atoms with E-state index in [9.17, 15) is 0 Å². The second-order valence-corrected chi connectivity index (χ2v) is 12.6. The van der Waals surface area contributed by atoms with Gasteiger partial charge in [-0.3, -0.25) is 4.57 Å². The van der Waals surface area contributed by atoms with Crippen LogP contribution in [0.1, 0.15) is 58.2 Å². The summed E-state index contributed by atoms with van der Waals surface area (Å²) in [5.74, 6) is 0. The molecule has 190 valence electrons. The monoisotopic (exact) mass is 499 g/mol. The van der Waals surface area contributed by atoms with Gasteiger partial charge in [0, 0.05) is 22.0 Å². The van der Waals surface area contributed by atoms with Crippen LogP contribution >= 0.6 is 0 Å². The zero-order valence-electron chi connectivity index (χ0n) is 23.0. The Kier molecular flexibility index (Phi) is 4.70. The molecule has 3 heterocycles. The lowest BCUT2D eigenvalue weighted by molar-refractivity contribution is 0.265. The van der Waals surface area contributed by atoms with Crippen LogP contribution in [-0.4, -0.2) is 14.1 Å². The van der Waals surface area contributed by atoms with Gasteiger partial charge in [0.2, 0.25) is 0 Å². The lowest BCUT2D eigenvalue weighted by Crippen LogP contribution is -2.11. The highest BCUT2D eigenvalue weighted by Gasteiger charge is 2.23. The molecule has 2 aromatic heterocycles. The lowest BCUT2D eigenvalue weighted by Gasteiger charge is -2.19. The van der Waals surface area contributed by atoms with E-state index in [1.165, 1.54) is 38.5 Å². The molecule has 1 aliphatic heterocycles. The molecule has 0 N–H and O–H groups in total. The van der Waals surface area contributed by atoms with E-state index < -0.39 is 0 Å². The van der Waals surface area contributed by atoms with Gasteiger partial charge in [0.15, 0.2) is 0 Å². The van der Waals surface area contributed by atoms with Crippen LogP contribution in [0.2, 0.25) is 0 Å². The van der Waals surface area contributed by atoms with E-state index >= 15 is 0 Å². The van der Waals surface area contributed by atoms with Crippen molar-refractivity contribution in [2.24, 2.45) is 0 Å². The molecule has 4 aromatic carbocycles. The Hall–Kier alpha value is -4.05. The average molecular weight is 500 g/mol. The van der Waals surface area contributed by atoms with Crippen molar-refractivity contribution < 1.29 is 4.74 Å². The maximum Gasteiger partial charge on any atom is 0.302 e. The van der Waals surface area contributed by atoms with Crippen molar-refractivity contribution in [2.45, 2.75) is 59.0 Å². The summed E-state index contributed by atoms with van der Waals surface area (Å²) in [7, 11) is 0. The summed E-state index contributed by atoms with van der Waals surface area (Å²) >= 11 is 0. The van der Waals surface area contributed by atoms with Gasteiger partial charge in [-0.25, -0.2) is 0 Å². The molecule has 38 heavy (non-hydrogen) atoms. The van der Waals surface area contributed by atoms with Gasteiger partial charge in [0.25, 0.3) is 0 Å². The topological polar surface area (TPSA) is 32.0 Å². The first kappa shape index (κ1) is 23.1. The first-order chi connectivity index (χ1) is 18.1. The van der Waals surface area contributed by atoms with Crippen LogP contribution < -0.4 is 4.74 Å². The van der Waals surface area contributed by atoms with E-state index in [0.29, 0.717) is 12.6 Å². The molecule has 1 aliphatic rings. The number of rotatable bonds is 1. The standard InChI is InChI=1S/C34H33N3O/c1-33(2,3)22-11-14-29-25(17-22)26-18-23(34(4,5)6)12-15-30(26)36(29)24-13-16-31-27(19-24)35-32-37(31)28-10-8-7-9-21(28)20-38-32/h7-19H,20H2,1-6H3. The number of fused-ring (bicyclic) bond motifs is 8. The fraction of sp³-hybridized carbons (Fsp3) is 0.265.